The second-order valence-electron chi connectivity index (χ2n) is 4.19. The van der Waals surface area contributed by atoms with E-state index < -0.39 is 9.84 Å². The Balaban J connectivity index is 2.34. The van der Waals surface area contributed by atoms with E-state index in [1.807, 2.05) is 0 Å². The number of carbonyl (C=O) groups excluding carboxylic acids is 1. The van der Waals surface area contributed by atoms with Crippen LogP contribution in [0.15, 0.2) is 41.0 Å². The molecule has 4 nitrogen and oxygen atoms in total. The summed E-state index contributed by atoms with van der Waals surface area (Å²) in [6.07, 6.45) is 4.58. The first-order valence-corrected chi connectivity index (χ1v) is 7.55. The van der Waals surface area contributed by atoms with Crippen molar-refractivity contribution in [2.45, 2.75) is 17.7 Å². The molecule has 96 valence electrons. The number of Topliss-reactive ketones (excluding diaryl/α,β-unsaturated/α-hetero) is 1. The summed E-state index contributed by atoms with van der Waals surface area (Å²) in [5.74, 6) is 0.0482. The molecule has 1 aliphatic heterocycles. The summed E-state index contributed by atoms with van der Waals surface area (Å²) in [6.45, 7) is 0.531. The standard InChI is InChI=1S/C13H14O4S/c1-18(15,16)11-6-4-5-10(9-11)13(14)12-7-2-3-8-17-12/h4-7,9H,2-3,8H2,1H3. The highest BCUT2D eigenvalue weighted by Gasteiger charge is 2.17. The smallest absolute Gasteiger partial charge is 0.227 e. The quantitative estimate of drug-likeness (QED) is 0.785. The Labute approximate surface area is 106 Å². The molecule has 1 aliphatic rings. The van der Waals surface area contributed by atoms with Gasteiger partial charge in [0.25, 0.3) is 0 Å². The Kier molecular flexibility index (Phi) is 3.52. The van der Waals surface area contributed by atoms with Crippen LogP contribution < -0.4 is 0 Å². The van der Waals surface area contributed by atoms with Gasteiger partial charge in [0.2, 0.25) is 5.78 Å². The molecule has 0 atom stereocenters. The first kappa shape index (κ1) is 12.8. The Morgan fingerprint density at radius 3 is 2.72 bits per heavy atom. The number of sulfone groups is 1. The number of rotatable bonds is 3. The van der Waals surface area contributed by atoms with Gasteiger partial charge in [-0.1, -0.05) is 12.1 Å². The van der Waals surface area contributed by atoms with Gasteiger partial charge in [0.1, 0.15) is 0 Å². The fraction of sp³-hybridized carbons (Fsp3) is 0.308. The number of hydrogen-bond donors (Lipinski definition) is 0. The van der Waals surface area contributed by atoms with Crippen molar-refractivity contribution < 1.29 is 17.9 Å². The van der Waals surface area contributed by atoms with Crippen LogP contribution >= 0.6 is 0 Å². The largest absolute Gasteiger partial charge is 0.490 e. The Hall–Kier alpha value is -1.62. The van der Waals surface area contributed by atoms with Gasteiger partial charge in [0.05, 0.1) is 11.5 Å². The van der Waals surface area contributed by atoms with E-state index in [2.05, 4.69) is 0 Å². The molecule has 5 heteroatoms. The molecule has 1 aromatic carbocycles. The molecule has 0 bridgehead atoms. The van der Waals surface area contributed by atoms with Gasteiger partial charge in [-0.15, -0.1) is 0 Å². The highest BCUT2D eigenvalue weighted by molar-refractivity contribution is 7.90. The SMILES string of the molecule is CS(=O)(=O)c1cccc(C(=O)C2=CCCCO2)c1. The first-order valence-electron chi connectivity index (χ1n) is 5.66. The molecule has 0 amide bonds. The fourth-order valence-corrected chi connectivity index (χ4v) is 2.39. The van der Waals surface area contributed by atoms with Gasteiger partial charge < -0.3 is 4.74 Å². The van der Waals surface area contributed by atoms with Crippen molar-refractivity contribution in [3.8, 4) is 0 Å². The number of carbonyl (C=O) groups is 1. The van der Waals surface area contributed by atoms with Crippen molar-refractivity contribution >= 4 is 15.6 Å². The maximum atomic E-state index is 12.1. The number of ether oxygens (including phenoxy) is 1. The monoisotopic (exact) mass is 266 g/mol. The molecule has 0 aromatic heterocycles. The predicted octanol–water partition coefficient (Wildman–Crippen LogP) is 1.97. The van der Waals surface area contributed by atoms with E-state index in [-0.39, 0.29) is 10.7 Å². The molecule has 0 N–H and O–H groups in total. The zero-order valence-electron chi connectivity index (χ0n) is 10.0. The molecule has 0 saturated heterocycles. The van der Waals surface area contributed by atoms with Gasteiger partial charge in [-0.2, -0.15) is 0 Å². The molecule has 0 aliphatic carbocycles. The van der Waals surface area contributed by atoms with E-state index >= 15 is 0 Å². The second-order valence-corrected chi connectivity index (χ2v) is 6.20. The van der Waals surface area contributed by atoms with Gasteiger partial charge in [0, 0.05) is 11.8 Å². The molecule has 0 fully saturated rings. The normalized spacial score (nSPS) is 15.7. The first-order chi connectivity index (χ1) is 8.48. The molecular formula is C13H14O4S. The summed E-state index contributed by atoms with van der Waals surface area (Å²) in [5.41, 5.74) is 0.339. The van der Waals surface area contributed by atoms with Crippen molar-refractivity contribution in [3.05, 3.63) is 41.7 Å². The Morgan fingerprint density at radius 1 is 1.33 bits per heavy atom. The molecule has 0 saturated carbocycles. The molecule has 18 heavy (non-hydrogen) atoms. The van der Waals surface area contributed by atoms with Crippen LogP contribution in [-0.4, -0.2) is 27.1 Å². The number of hydrogen-bond acceptors (Lipinski definition) is 4. The molecular weight excluding hydrogens is 252 g/mol. The van der Waals surface area contributed by atoms with Crippen LogP contribution in [-0.2, 0) is 14.6 Å². The van der Waals surface area contributed by atoms with E-state index in [9.17, 15) is 13.2 Å². The summed E-state index contributed by atoms with van der Waals surface area (Å²) in [4.78, 5) is 12.2. The maximum absolute atomic E-state index is 12.1. The summed E-state index contributed by atoms with van der Waals surface area (Å²) < 4.78 is 28.1. The van der Waals surface area contributed by atoms with Crippen molar-refractivity contribution in [1.29, 1.82) is 0 Å². The van der Waals surface area contributed by atoms with E-state index in [0.29, 0.717) is 17.9 Å². The maximum Gasteiger partial charge on any atom is 0.227 e. The average Bonchev–Trinajstić information content (AvgIpc) is 2.38. The lowest BCUT2D eigenvalue weighted by Gasteiger charge is -2.13. The van der Waals surface area contributed by atoms with E-state index in [1.165, 1.54) is 12.1 Å². The summed E-state index contributed by atoms with van der Waals surface area (Å²) >= 11 is 0. The van der Waals surface area contributed by atoms with Gasteiger partial charge in [-0.05, 0) is 31.1 Å². The molecule has 0 radical (unpaired) electrons. The second kappa shape index (κ2) is 4.94. The lowest BCUT2D eigenvalue weighted by molar-refractivity contribution is 0.0899. The van der Waals surface area contributed by atoms with E-state index in [4.69, 9.17) is 4.74 Å². The highest BCUT2D eigenvalue weighted by atomic mass is 32.2. The van der Waals surface area contributed by atoms with Crippen LogP contribution in [0.25, 0.3) is 0 Å². The van der Waals surface area contributed by atoms with Crippen LogP contribution in [0.4, 0.5) is 0 Å². The van der Waals surface area contributed by atoms with Crippen LogP contribution in [0.1, 0.15) is 23.2 Å². The zero-order chi connectivity index (χ0) is 13.2. The van der Waals surface area contributed by atoms with Gasteiger partial charge in [-0.3, -0.25) is 4.79 Å². The van der Waals surface area contributed by atoms with Crippen LogP contribution in [0.5, 0.6) is 0 Å². The predicted molar refractivity (Wildman–Crippen MR) is 67.2 cm³/mol. The number of ketones is 1. The van der Waals surface area contributed by atoms with Crippen molar-refractivity contribution in [1.82, 2.24) is 0 Å². The Morgan fingerprint density at radius 2 is 2.11 bits per heavy atom. The number of allylic oxidation sites excluding steroid dienone is 2. The topological polar surface area (TPSA) is 60.4 Å². The summed E-state index contributed by atoms with van der Waals surface area (Å²) in [5, 5.41) is 0. The molecule has 0 spiro atoms. The number of benzene rings is 1. The lowest BCUT2D eigenvalue weighted by atomic mass is 10.1. The fourth-order valence-electron chi connectivity index (χ4n) is 1.73. The van der Waals surface area contributed by atoms with Crippen LogP contribution in [0.3, 0.4) is 0 Å². The van der Waals surface area contributed by atoms with Gasteiger partial charge in [-0.25, -0.2) is 8.42 Å². The highest BCUT2D eigenvalue weighted by Crippen LogP contribution is 2.18. The molecule has 1 heterocycles. The van der Waals surface area contributed by atoms with E-state index in [0.717, 1.165) is 19.1 Å². The van der Waals surface area contributed by atoms with Crippen molar-refractivity contribution in [2.75, 3.05) is 12.9 Å². The van der Waals surface area contributed by atoms with Gasteiger partial charge in [0.15, 0.2) is 15.6 Å². The average molecular weight is 266 g/mol. The molecule has 0 unspecified atom stereocenters. The van der Waals surface area contributed by atoms with Crippen molar-refractivity contribution in [2.24, 2.45) is 0 Å². The Bertz CT molecular complexity index is 599. The van der Waals surface area contributed by atoms with Gasteiger partial charge >= 0.3 is 0 Å². The molecule has 2 rings (SSSR count). The van der Waals surface area contributed by atoms with Crippen LogP contribution in [0.2, 0.25) is 0 Å². The molecule has 1 aromatic rings. The third-order valence-corrected chi connectivity index (χ3v) is 3.79. The minimum absolute atomic E-state index is 0.143. The van der Waals surface area contributed by atoms with Crippen LogP contribution in [0, 0.1) is 0 Å². The van der Waals surface area contributed by atoms with E-state index in [1.54, 1.807) is 18.2 Å². The third-order valence-electron chi connectivity index (χ3n) is 2.68. The minimum Gasteiger partial charge on any atom is -0.490 e. The zero-order valence-corrected chi connectivity index (χ0v) is 10.9. The summed E-state index contributed by atoms with van der Waals surface area (Å²) in [7, 11) is -3.30. The summed E-state index contributed by atoms with van der Waals surface area (Å²) in [6, 6.07) is 6.02. The van der Waals surface area contributed by atoms with Crippen molar-refractivity contribution in [3.63, 3.8) is 0 Å². The minimum atomic E-state index is -3.30. The lowest BCUT2D eigenvalue weighted by Crippen LogP contribution is -2.12. The third kappa shape index (κ3) is 2.79.